The van der Waals surface area contributed by atoms with Crippen LogP contribution in [-0.2, 0) is 11.3 Å². The van der Waals surface area contributed by atoms with Crippen LogP contribution in [0.4, 0.5) is 0 Å². The molecule has 0 radical (unpaired) electrons. The monoisotopic (exact) mass is 348 g/mol. The minimum atomic E-state index is -0.402. The third-order valence-corrected chi connectivity index (χ3v) is 5.27. The molecule has 138 valence electrons. The van der Waals surface area contributed by atoms with Gasteiger partial charge in [-0.2, -0.15) is 0 Å². The molecular formula is C18H28N4O3. The zero-order valence-electron chi connectivity index (χ0n) is 15.0. The molecule has 0 saturated carbocycles. The number of likely N-dealkylation sites (N-methyl/N-ethyl adjacent to an activating group) is 1. The van der Waals surface area contributed by atoms with Gasteiger partial charge in [-0.3, -0.25) is 14.6 Å². The highest BCUT2D eigenvalue weighted by atomic mass is 16.5. The number of hydrogen-bond donors (Lipinski definition) is 2. The van der Waals surface area contributed by atoms with Crippen LogP contribution in [0.1, 0.15) is 25.0 Å². The summed E-state index contributed by atoms with van der Waals surface area (Å²) in [6, 6.07) is 6.00. The molecule has 3 rings (SSSR count). The fraction of sp³-hybridized carbons (Fsp3) is 0.667. The molecular weight excluding hydrogens is 320 g/mol. The Labute approximate surface area is 149 Å². The van der Waals surface area contributed by atoms with Crippen molar-refractivity contribution >= 4 is 5.91 Å². The number of likely N-dealkylation sites (tertiary alicyclic amines) is 2. The van der Waals surface area contributed by atoms with Crippen LogP contribution in [0.2, 0.25) is 0 Å². The van der Waals surface area contributed by atoms with Crippen molar-refractivity contribution in [1.29, 1.82) is 0 Å². The van der Waals surface area contributed by atoms with E-state index in [-0.39, 0.29) is 11.9 Å². The average Bonchev–Trinajstić information content (AvgIpc) is 3.03. The summed E-state index contributed by atoms with van der Waals surface area (Å²) < 4.78 is 5.19. The van der Waals surface area contributed by atoms with Gasteiger partial charge in [-0.1, -0.05) is 6.07 Å². The van der Waals surface area contributed by atoms with E-state index in [1.807, 2.05) is 18.2 Å². The Morgan fingerprint density at radius 3 is 2.84 bits per heavy atom. The van der Waals surface area contributed by atoms with Gasteiger partial charge >= 0.3 is 0 Å². The molecule has 2 N–H and O–H groups in total. The quantitative estimate of drug-likeness (QED) is 0.794. The lowest BCUT2D eigenvalue weighted by Crippen LogP contribution is -2.50. The summed E-state index contributed by atoms with van der Waals surface area (Å²) in [5.41, 5.74) is 1.01. The number of nitrogens with one attached hydrogen (secondary N) is 1. The maximum atomic E-state index is 12.1. The number of carbonyl (C=O) groups is 1. The molecule has 25 heavy (non-hydrogen) atoms. The van der Waals surface area contributed by atoms with Gasteiger partial charge < -0.3 is 15.2 Å². The summed E-state index contributed by atoms with van der Waals surface area (Å²) in [6.45, 7) is 3.35. The standard InChI is InChI=1S/C18H28N4O3/c1-19-18(24)16-10-15(23)12-22(16)14-6-8-21(9-7-14)11-13-4-3-5-17(20-13)25-2/h3-5,14-16,23H,6-12H2,1-2H3,(H,19,24)/t15-,16+/m1/s1. The Hall–Kier alpha value is -1.70. The largest absolute Gasteiger partial charge is 0.481 e. The third kappa shape index (κ3) is 4.29. The number of β-amino-alcohol motifs (C(OH)–C–C–N with tert-alkyl or cyclic N) is 1. The Morgan fingerprint density at radius 2 is 2.16 bits per heavy atom. The van der Waals surface area contributed by atoms with Gasteiger partial charge in [-0.15, -0.1) is 0 Å². The number of aromatic nitrogens is 1. The normalized spacial score (nSPS) is 25.9. The van der Waals surface area contributed by atoms with Crippen LogP contribution in [0.5, 0.6) is 5.88 Å². The summed E-state index contributed by atoms with van der Waals surface area (Å²) in [4.78, 5) is 21.1. The molecule has 2 fully saturated rings. The fourth-order valence-electron chi connectivity index (χ4n) is 3.96. The van der Waals surface area contributed by atoms with Crippen LogP contribution >= 0.6 is 0 Å². The van der Waals surface area contributed by atoms with Crippen LogP contribution in [-0.4, -0.2) is 77.8 Å². The van der Waals surface area contributed by atoms with Crippen LogP contribution < -0.4 is 10.1 Å². The van der Waals surface area contributed by atoms with Crippen LogP contribution in [0.3, 0.4) is 0 Å². The fourth-order valence-corrected chi connectivity index (χ4v) is 3.96. The van der Waals surface area contributed by atoms with E-state index in [0.29, 0.717) is 24.9 Å². The number of piperidine rings is 1. The summed E-state index contributed by atoms with van der Waals surface area (Å²) in [7, 11) is 3.29. The summed E-state index contributed by atoms with van der Waals surface area (Å²) in [5, 5.41) is 12.7. The van der Waals surface area contributed by atoms with Crippen molar-refractivity contribution in [3.05, 3.63) is 23.9 Å². The number of ether oxygens (including phenoxy) is 1. The SMILES string of the molecule is CNC(=O)[C@@H]1C[C@@H](O)CN1C1CCN(Cc2cccc(OC)n2)CC1. The number of nitrogens with zero attached hydrogens (tertiary/aromatic N) is 3. The van der Waals surface area contributed by atoms with E-state index < -0.39 is 6.10 Å². The Bertz CT molecular complexity index is 589. The van der Waals surface area contributed by atoms with Crippen LogP contribution in [0.15, 0.2) is 18.2 Å². The van der Waals surface area contributed by atoms with Crippen molar-refractivity contribution in [2.45, 2.75) is 44.0 Å². The average molecular weight is 348 g/mol. The summed E-state index contributed by atoms with van der Waals surface area (Å²) in [6.07, 6.45) is 2.14. The number of rotatable bonds is 5. The predicted octanol–water partition coefficient (Wildman–Crippen LogP) is 0.236. The van der Waals surface area contributed by atoms with Gasteiger partial charge in [0.15, 0.2) is 0 Å². The van der Waals surface area contributed by atoms with Crippen molar-refractivity contribution < 1.29 is 14.6 Å². The molecule has 1 aromatic heterocycles. The van der Waals surface area contributed by atoms with Gasteiger partial charge in [0, 0.05) is 45.3 Å². The molecule has 1 aromatic rings. The first-order chi connectivity index (χ1) is 12.1. The first-order valence-corrected chi connectivity index (χ1v) is 8.98. The molecule has 2 atom stereocenters. The van der Waals surface area contributed by atoms with Crippen LogP contribution in [0.25, 0.3) is 0 Å². The second kappa shape index (κ2) is 8.12. The van der Waals surface area contributed by atoms with Crippen molar-refractivity contribution in [1.82, 2.24) is 20.1 Å². The maximum Gasteiger partial charge on any atom is 0.237 e. The Kier molecular flexibility index (Phi) is 5.88. The second-order valence-electron chi connectivity index (χ2n) is 6.89. The molecule has 0 aliphatic carbocycles. The summed E-state index contributed by atoms with van der Waals surface area (Å²) >= 11 is 0. The van der Waals surface area contributed by atoms with Gasteiger partial charge in [0.1, 0.15) is 0 Å². The van der Waals surface area contributed by atoms with Gasteiger partial charge in [0.05, 0.1) is 24.9 Å². The lowest BCUT2D eigenvalue weighted by molar-refractivity contribution is -0.126. The molecule has 2 aliphatic heterocycles. The number of methoxy groups -OCH3 is 1. The van der Waals surface area contributed by atoms with Crippen molar-refractivity contribution in [3.63, 3.8) is 0 Å². The number of amides is 1. The predicted molar refractivity (Wildman–Crippen MR) is 94.3 cm³/mol. The van der Waals surface area contributed by atoms with E-state index in [9.17, 15) is 9.90 Å². The van der Waals surface area contributed by atoms with Gasteiger partial charge in [0.25, 0.3) is 0 Å². The highest BCUT2D eigenvalue weighted by Crippen LogP contribution is 2.27. The molecule has 0 bridgehead atoms. The molecule has 0 spiro atoms. The lowest BCUT2D eigenvalue weighted by atomic mass is 10.0. The molecule has 0 unspecified atom stereocenters. The topological polar surface area (TPSA) is 77.9 Å². The maximum absolute atomic E-state index is 12.1. The van der Waals surface area contributed by atoms with E-state index in [1.54, 1.807) is 14.2 Å². The minimum Gasteiger partial charge on any atom is -0.481 e. The second-order valence-corrected chi connectivity index (χ2v) is 6.89. The number of hydrogen-bond acceptors (Lipinski definition) is 6. The smallest absolute Gasteiger partial charge is 0.237 e. The molecule has 7 heteroatoms. The van der Waals surface area contributed by atoms with Crippen molar-refractivity contribution in [2.24, 2.45) is 0 Å². The number of pyridine rings is 1. The first-order valence-electron chi connectivity index (χ1n) is 8.98. The Morgan fingerprint density at radius 1 is 1.40 bits per heavy atom. The molecule has 2 saturated heterocycles. The molecule has 3 heterocycles. The molecule has 7 nitrogen and oxygen atoms in total. The van der Waals surface area contributed by atoms with E-state index in [1.165, 1.54) is 0 Å². The van der Waals surface area contributed by atoms with E-state index in [4.69, 9.17) is 4.74 Å². The number of carbonyl (C=O) groups excluding carboxylic acids is 1. The minimum absolute atomic E-state index is 0.0135. The Balaban J connectivity index is 1.55. The summed E-state index contributed by atoms with van der Waals surface area (Å²) in [5.74, 6) is 0.659. The zero-order chi connectivity index (χ0) is 17.8. The number of aliphatic hydroxyl groups is 1. The third-order valence-electron chi connectivity index (χ3n) is 5.27. The highest BCUT2D eigenvalue weighted by molar-refractivity contribution is 5.81. The van der Waals surface area contributed by atoms with Gasteiger partial charge in [0.2, 0.25) is 11.8 Å². The molecule has 2 aliphatic rings. The van der Waals surface area contributed by atoms with E-state index in [2.05, 4.69) is 20.1 Å². The molecule has 0 aromatic carbocycles. The zero-order valence-corrected chi connectivity index (χ0v) is 15.0. The van der Waals surface area contributed by atoms with E-state index in [0.717, 1.165) is 38.2 Å². The van der Waals surface area contributed by atoms with Crippen molar-refractivity contribution in [3.8, 4) is 5.88 Å². The first kappa shape index (κ1) is 18.1. The van der Waals surface area contributed by atoms with Crippen LogP contribution in [0, 0.1) is 0 Å². The van der Waals surface area contributed by atoms with Crippen molar-refractivity contribution in [2.75, 3.05) is 33.8 Å². The van der Waals surface area contributed by atoms with Gasteiger partial charge in [-0.25, -0.2) is 4.98 Å². The number of aliphatic hydroxyl groups excluding tert-OH is 1. The van der Waals surface area contributed by atoms with E-state index >= 15 is 0 Å². The van der Waals surface area contributed by atoms with Gasteiger partial charge in [-0.05, 0) is 25.3 Å². The molecule has 1 amide bonds. The highest BCUT2D eigenvalue weighted by Gasteiger charge is 2.40. The lowest BCUT2D eigenvalue weighted by Gasteiger charge is -2.38.